The standard InChI is InChI=1S/C11H15N3OS/c1-3-11(4-2,8-12)10(15)14-7-9-13-5-6-16-9/h5-6H,3-4,7H2,1-2H3,(H,14,15). The highest BCUT2D eigenvalue weighted by Crippen LogP contribution is 2.25. The normalized spacial score (nSPS) is 10.8. The van der Waals surface area contributed by atoms with Crippen molar-refractivity contribution in [3.63, 3.8) is 0 Å². The Balaban J connectivity index is 2.61. The largest absolute Gasteiger partial charge is 0.348 e. The fraction of sp³-hybridized carbons (Fsp3) is 0.545. The second-order valence-electron chi connectivity index (χ2n) is 3.51. The van der Waals surface area contributed by atoms with Gasteiger partial charge in [-0.1, -0.05) is 13.8 Å². The van der Waals surface area contributed by atoms with Crippen LogP contribution in [-0.4, -0.2) is 10.9 Å². The molecule has 16 heavy (non-hydrogen) atoms. The van der Waals surface area contributed by atoms with Crippen LogP contribution in [0.4, 0.5) is 0 Å². The molecule has 0 aliphatic heterocycles. The van der Waals surface area contributed by atoms with Crippen molar-refractivity contribution in [3.8, 4) is 6.07 Å². The van der Waals surface area contributed by atoms with Crippen LogP contribution >= 0.6 is 11.3 Å². The molecule has 1 aromatic rings. The van der Waals surface area contributed by atoms with Crippen LogP contribution in [0.3, 0.4) is 0 Å². The molecule has 0 aliphatic rings. The van der Waals surface area contributed by atoms with Crippen molar-refractivity contribution < 1.29 is 4.79 Å². The SMILES string of the molecule is CCC(C#N)(CC)C(=O)NCc1nccs1. The summed E-state index contributed by atoms with van der Waals surface area (Å²) in [6.07, 6.45) is 2.76. The lowest BCUT2D eigenvalue weighted by atomic mass is 9.83. The van der Waals surface area contributed by atoms with Gasteiger partial charge < -0.3 is 5.32 Å². The summed E-state index contributed by atoms with van der Waals surface area (Å²) < 4.78 is 0. The number of nitriles is 1. The van der Waals surface area contributed by atoms with Gasteiger partial charge in [-0.25, -0.2) is 4.98 Å². The zero-order valence-corrected chi connectivity index (χ0v) is 10.3. The molecule has 86 valence electrons. The van der Waals surface area contributed by atoms with E-state index in [-0.39, 0.29) is 5.91 Å². The number of carbonyl (C=O) groups excluding carboxylic acids is 1. The molecule has 0 atom stereocenters. The summed E-state index contributed by atoms with van der Waals surface area (Å²) in [5.41, 5.74) is -0.892. The molecule has 0 aliphatic carbocycles. The number of rotatable bonds is 5. The summed E-state index contributed by atoms with van der Waals surface area (Å²) in [5, 5.41) is 14.6. The van der Waals surface area contributed by atoms with Gasteiger partial charge in [0.1, 0.15) is 10.4 Å². The van der Waals surface area contributed by atoms with Gasteiger partial charge >= 0.3 is 0 Å². The molecule has 0 bridgehead atoms. The quantitative estimate of drug-likeness (QED) is 0.852. The molecular formula is C11H15N3OS. The van der Waals surface area contributed by atoms with E-state index in [1.807, 2.05) is 19.2 Å². The fourth-order valence-electron chi connectivity index (χ4n) is 1.45. The average Bonchev–Trinajstić information content (AvgIpc) is 2.82. The Morgan fingerprint density at radius 1 is 1.62 bits per heavy atom. The van der Waals surface area contributed by atoms with E-state index in [2.05, 4.69) is 16.4 Å². The Morgan fingerprint density at radius 3 is 2.75 bits per heavy atom. The maximum Gasteiger partial charge on any atom is 0.240 e. The number of thiazole rings is 1. The molecule has 0 unspecified atom stereocenters. The Kier molecular flexibility index (Phi) is 4.44. The predicted octanol–water partition coefficient (Wildman–Crippen LogP) is 2.09. The van der Waals surface area contributed by atoms with E-state index in [0.29, 0.717) is 19.4 Å². The molecule has 4 nitrogen and oxygen atoms in total. The predicted molar refractivity (Wildman–Crippen MR) is 62.6 cm³/mol. The minimum absolute atomic E-state index is 0.199. The van der Waals surface area contributed by atoms with Crippen molar-refractivity contribution in [1.29, 1.82) is 5.26 Å². The molecule has 1 heterocycles. The molecular weight excluding hydrogens is 222 g/mol. The monoisotopic (exact) mass is 237 g/mol. The molecule has 1 rings (SSSR count). The first-order chi connectivity index (χ1) is 7.68. The van der Waals surface area contributed by atoms with Gasteiger partial charge in [0.25, 0.3) is 0 Å². The van der Waals surface area contributed by atoms with Crippen LogP contribution < -0.4 is 5.32 Å². The van der Waals surface area contributed by atoms with Gasteiger partial charge in [0.2, 0.25) is 5.91 Å². The third-order valence-corrected chi connectivity index (χ3v) is 3.52. The molecule has 1 aromatic heterocycles. The summed E-state index contributed by atoms with van der Waals surface area (Å²) in [5.74, 6) is -0.199. The lowest BCUT2D eigenvalue weighted by Gasteiger charge is -2.21. The van der Waals surface area contributed by atoms with Crippen LogP contribution in [0, 0.1) is 16.7 Å². The number of aromatic nitrogens is 1. The topological polar surface area (TPSA) is 65.8 Å². The summed E-state index contributed by atoms with van der Waals surface area (Å²) in [6, 6.07) is 2.12. The highest BCUT2D eigenvalue weighted by atomic mass is 32.1. The van der Waals surface area contributed by atoms with Crippen LogP contribution in [0.15, 0.2) is 11.6 Å². The van der Waals surface area contributed by atoms with Crippen molar-refractivity contribution in [2.75, 3.05) is 0 Å². The van der Waals surface area contributed by atoms with Crippen LogP contribution in [0.2, 0.25) is 0 Å². The first-order valence-corrected chi connectivity index (χ1v) is 6.14. The molecule has 0 radical (unpaired) electrons. The Labute approximate surface area is 99.3 Å². The van der Waals surface area contributed by atoms with Crippen LogP contribution in [0.5, 0.6) is 0 Å². The minimum atomic E-state index is -0.892. The molecule has 0 fully saturated rings. The van der Waals surface area contributed by atoms with Gasteiger partial charge in [-0.3, -0.25) is 4.79 Å². The maximum absolute atomic E-state index is 11.9. The third-order valence-electron chi connectivity index (χ3n) is 2.74. The smallest absolute Gasteiger partial charge is 0.240 e. The van der Waals surface area contributed by atoms with Crippen LogP contribution in [-0.2, 0) is 11.3 Å². The van der Waals surface area contributed by atoms with E-state index in [1.165, 1.54) is 11.3 Å². The van der Waals surface area contributed by atoms with Gasteiger partial charge in [-0.15, -0.1) is 11.3 Å². The molecule has 0 saturated heterocycles. The Morgan fingerprint density at radius 2 is 2.31 bits per heavy atom. The van der Waals surface area contributed by atoms with E-state index >= 15 is 0 Å². The summed E-state index contributed by atoms with van der Waals surface area (Å²) in [6.45, 7) is 4.12. The minimum Gasteiger partial charge on any atom is -0.348 e. The van der Waals surface area contributed by atoms with E-state index in [4.69, 9.17) is 5.26 Å². The zero-order valence-electron chi connectivity index (χ0n) is 9.49. The average molecular weight is 237 g/mol. The lowest BCUT2D eigenvalue weighted by Crippen LogP contribution is -2.38. The summed E-state index contributed by atoms with van der Waals surface area (Å²) >= 11 is 1.49. The molecule has 1 amide bonds. The lowest BCUT2D eigenvalue weighted by molar-refractivity contribution is -0.128. The Bertz CT molecular complexity index is 376. The van der Waals surface area contributed by atoms with Crippen molar-refractivity contribution in [2.24, 2.45) is 5.41 Å². The molecule has 5 heteroatoms. The van der Waals surface area contributed by atoms with E-state index < -0.39 is 5.41 Å². The van der Waals surface area contributed by atoms with Gasteiger partial charge in [-0.2, -0.15) is 5.26 Å². The number of nitrogens with one attached hydrogen (secondary N) is 1. The zero-order chi connectivity index (χ0) is 12.0. The first-order valence-electron chi connectivity index (χ1n) is 5.26. The second-order valence-corrected chi connectivity index (χ2v) is 4.49. The number of carbonyl (C=O) groups is 1. The Hall–Kier alpha value is -1.41. The number of hydrogen-bond donors (Lipinski definition) is 1. The highest BCUT2D eigenvalue weighted by molar-refractivity contribution is 7.09. The van der Waals surface area contributed by atoms with Crippen molar-refractivity contribution >= 4 is 17.2 Å². The van der Waals surface area contributed by atoms with Gasteiger partial charge in [0.15, 0.2) is 0 Å². The van der Waals surface area contributed by atoms with E-state index in [9.17, 15) is 4.79 Å². The fourth-order valence-corrected chi connectivity index (χ4v) is 2.00. The highest BCUT2D eigenvalue weighted by Gasteiger charge is 2.34. The molecule has 0 saturated carbocycles. The van der Waals surface area contributed by atoms with Crippen molar-refractivity contribution in [1.82, 2.24) is 10.3 Å². The molecule has 0 aromatic carbocycles. The first kappa shape index (κ1) is 12.7. The van der Waals surface area contributed by atoms with Gasteiger partial charge in [0.05, 0.1) is 12.6 Å². The third kappa shape index (κ3) is 2.58. The van der Waals surface area contributed by atoms with Crippen LogP contribution in [0.25, 0.3) is 0 Å². The van der Waals surface area contributed by atoms with E-state index in [1.54, 1.807) is 6.20 Å². The molecule has 0 spiro atoms. The second kappa shape index (κ2) is 5.61. The number of amides is 1. The van der Waals surface area contributed by atoms with Gasteiger partial charge in [0, 0.05) is 11.6 Å². The maximum atomic E-state index is 11.9. The number of hydrogen-bond acceptors (Lipinski definition) is 4. The van der Waals surface area contributed by atoms with Crippen molar-refractivity contribution in [2.45, 2.75) is 33.2 Å². The van der Waals surface area contributed by atoms with Crippen molar-refractivity contribution in [3.05, 3.63) is 16.6 Å². The van der Waals surface area contributed by atoms with Gasteiger partial charge in [-0.05, 0) is 12.8 Å². The van der Waals surface area contributed by atoms with E-state index in [0.717, 1.165) is 5.01 Å². The summed E-state index contributed by atoms with van der Waals surface area (Å²) in [7, 11) is 0. The number of nitrogens with zero attached hydrogens (tertiary/aromatic N) is 2. The summed E-state index contributed by atoms with van der Waals surface area (Å²) in [4.78, 5) is 16.0. The molecule has 1 N–H and O–H groups in total. The van der Waals surface area contributed by atoms with Crippen LogP contribution in [0.1, 0.15) is 31.7 Å².